The molecule has 2 rings (SSSR count). The van der Waals surface area contributed by atoms with E-state index in [1.54, 1.807) is 13.2 Å². The summed E-state index contributed by atoms with van der Waals surface area (Å²) in [6.45, 7) is 6.00. The van der Waals surface area contributed by atoms with Crippen LogP contribution < -0.4 is 10.1 Å². The zero-order valence-corrected chi connectivity index (χ0v) is 12.7. The minimum atomic E-state index is -0.0977. The molecule has 0 aliphatic rings. The molecule has 0 saturated heterocycles. The molecule has 1 unspecified atom stereocenters. The van der Waals surface area contributed by atoms with E-state index >= 15 is 0 Å². The van der Waals surface area contributed by atoms with E-state index in [-0.39, 0.29) is 12.0 Å². The molecule has 0 spiro atoms. The molecule has 0 radical (unpaired) electrons. The molecule has 20 heavy (non-hydrogen) atoms. The minimum absolute atomic E-state index is 0.0977. The molecule has 5 nitrogen and oxygen atoms in total. The van der Waals surface area contributed by atoms with E-state index in [2.05, 4.69) is 15.5 Å². The predicted molar refractivity (Wildman–Crippen MR) is 78.4 cm³/mol. The molecule has 108 valence electrons. The fourth-order valence-electron chi connectivity index (χ4n) is 1.73. The molecular weight excluding hydrogens is 278 g/mol. The van der Waals surface area contributed by atoms with Crippen LogP contribution >= 0.6 is 11.6 Å². The van der Waals surface area contributed by atoms with E-state index in [0.717, 1.165) is 5.69 Å². The summed E-state index contributed by atoms with van der Waals surface area (Å²) in [5, 5.41) is 7.77. The number of nitrogens with zero attached hydrogens (tertiary/aromatic N) is 2. The zero-order chi connectivity index (χ0) is 14.7. The van der Waals surface area contributed by atoms with Crippen LogP contribution in [0.1, 0.15) is 44.4 Å². The van der Waals surface area contributed by atoms with Crippen LogP contribution in [0.3, 0.4) is 0 Å². The van der Waals surface area contributed by atoms with Crippen molar-refractivity contribution < 1.29 is 9.26 Å². The molecule has 1 aromatic carbocycles. The third-order valence-electron chi connectivity index (χ3n) is 2.88. The van der Waals surface area contributed by atoms with E-state index < -0.39 is 0 Å². The van der Waals surface area contributed by atoms with Crippen LogP contribution in [0.25, 0.3) is 0 Å². The lowest BCUT2D eigenvalue weighted by atomic mass is 10.2. The average Bonchev–Trinajstić information content (AvgIpc) is 2.88. The van der Waals surface area contributed by atoms with Crippen LogP contribution in [0.15, 0.2) is 22.7 Å². The topological polar surface area (TPSA) is 60.2 Å². The molecule has 0 saturated carbocycles. The molecule has 1 aromatic heterocycles. The fourth-order valence-corrected chi connectivity index (χ4v) is 1.98. The van der Waals surface area contributed by atoms with Gasteiger partial charge in [-0.3, -0.25) is 0 Å². The first-order valence-electron chi connectivity index (χ1n) is 6.44. The molecule has 1 atom stereocenters. The van der Waals surface area contributed by atoms with Gasteiger partial charge >= 0.3 is 0 Å². The van der Waals surface area contributed by atoms with Gasteiger partial charge in [-0.2, -0.15) is 4.98 Å². The lowest BCUT2D eigenvalue weighted by molar-refractivity contribution is 0.361. The van der Waals surface area contributed by atoms with Crippen molar-refractivity contribution in [2.45, 2.75) is 32.7 Å². The first kappa shape index (κ1) is 14.7. The van der Waals surface area contributed by atoms with Gasteiger partial charge in [-0.15, -0.1) is 0 Å². The Morgan fingerprint density at radius 1 is 1.30 bits per heavy atom. The largest absolute Gasteiger partial charge is 0.495 e. The molecule has 0 aliphatic carbocycles. The monoisotopic (exact) mass is 295 g/mol. The van der Waals surface area contributed by atoms with Crippen LogP contribution in [0.4, 0.5) is 5.69 Å². The molecule has 0 aliphatic heterocycles. The van der Waals surface area contributed by atoms with Gasteiger partial charge in [0.05, 0.1) is 12.1 Å². The predicted octanol–water partition coefficient (Wildman–Crippen LogP) is 4.03. The third kappa shape index (κ3) is 3.22. The minimum Gasteiger partial charge on any atom is -0.495 e. The Balaban J connectivity index is 2.10. The number of hydrogen-bond acceptors (Lipinski definition) is 5. The zero-order valence-electron chi connectivity index (χ0n) is 12.0. The standard InChI is InChI=1S/C14H18ClN3O2/c1-8(2)13-17-14(20-18-13)9(3)16-10-5-6-12(19-4)11(15)7-10/h5-9,16H,1-4H3. The van der Waals surface area contributed by atoms with E-state index in [0.29, 0.717) is 22.5 Å². The second kappa shape index (κ2) is 6.13. The molecule has 0 amide bonds. The Kier molecular flexibility index (Phi) is 4.49. The molecule has 1 heterocycles. The summed E-state index contributed by atoms with van der Waals surface area (Å²) in [4.78, 5) is 4.36. The summed E-state index contributed by atoms with van der Waals surface area (Å²) < 4.78 is 10.4. The van der Waals surface area contributed by atoms with Gasteiger partial charge in [0.1, 0.15) is 11.8 Å². The maximum Gasteiger partial charge on any atom is 0.248 e. The van der Waals surface area contributed by atoms with Gasteiger partial charge in [-0.25, -0.2) is 0 Å². The number of nitrogens with one attached hydrogen (secondary N) is 1. The highest BCUT2D eigenvalue weighted by Crippen LogP contribution is 2.29. The number of anilines is 1. The van der Waals surface area contributed by atoms with E-state index in [4.69, 9.17) is 20.9 Å². The first-order valence-corrected chi connectivity index (χ1v) is 6.82. The maximum atomic E-state index is 6.09. The number of halogens is 1. The van der Waals surface area contributed by atoms with Crippen molar-refractivity contribution in [3.63, 3.8) is 0 Å². The Morgan fingerprint density at radius 3 is 2.60 bits per heavy atom. The normalized spacial score (nSPS) is 12.5. The third-order valence-corrected chi connectivity index (χ3v) is 3.17. The summed E-state index contributed by atoms with van der Waals surface area (Å²) in [5.74, 6) is 2.15. The average molecular weight is 296 g/mol. The van der Waals surface area contributed by atoms with Gasteiger partial charge in [-0.1, -0.05) is 30.6 Å². The molecular formula is C14H18ClN3O2. The summed E-state index contributed by atoms with van der Waals surface area (Å²) >= 11 is 6.09. The van der Waals surface area contributed by atoms with Gasteiger partial charge in [0.2, 0.25) is 5.89 Å². The van der Waals surface area contributed by atoms with Crippen molar-refractivity contribution in [2.24, 2.45) is 0 Å². The van der Waals surface area contributed by atoms with E-state index in [1.807, 2.05) is 32.9 Å². The highest BCUT2D eigenvalue weighted by Gasteiger charge is 2.16. The summed E-state index contributed by atoms with van der Waals surface area (Å²) in [7, 11) is 1.59. The second-order valence-corrected chi connectivity index (χ2v) is 5.27. The summed E-state index contributed by atoms with van der Waals surface area (Å²) in [6.07, 6.45) is 0. The lowest BCUT2D eigenvalue weighted by Crippen LogP contribution is -2.07. The van der Waals surface area contributed by atoms with Crippen molar-refractivity contribution in [2.75, 3.05) is 12.4 Å². The second-order valence-electron chi connectivity index (χ2n) is 4.86. The van der Waals surface area contributed by atoms with Gasteiger partial charge in [0.25, 0.3) is 0 Å². The van der Waals surface area contributed by atoms with Gasteiger partial charge in [-0.05, 0) is 25.1 Å². The summed E-state index contributed by atoms with van der Waals surface area (Å²) in [5.41, 5.74) is 0.868. The Labute approximate surface area is 123 Å². The van der Waals surface area contributed by atoms with Crippen LogP contribution in [0, 0.1) is 0 Å². The Hall–Kier alpha value is -1.75. The number of ether oxygens (including phenoxy) is 1. The number of rotatable bonds is 5. The smallest absolute Gasteiger partial charge is 0.248 e. The molecule has 0 bridgehead atoms. The van der Waals surface area contributed by atoms with Gasteiger partial charge in [0.15, 0.2) is 5.82 Å². The SMILES string of the molecule is COc1ccc(NC(C)c2nc(C(C)C)no2)cc1Cl. The van der Waals surface area contributed by atoms with E-state index in [1.165, 1.54) is 0 Å². The Morgan fingerprint density at radius 2 is 2.05 bits per heavy atom. The summed E-state index contributed by atoms with van der Waals surface area (Å²) in [6, 6.07) is 5.40. The van der Waals surface area contributed by atoms with Crippen molar-refractivity contribution in [1.82, 2.24) is 10.1 Å². The van der Waals surface area contributed by atoms with Crippen molar-refractivity contribution >= 4 is 17.3 Å². The quantitative estimate of drug-likeness (QED) is 0.902. The molecule has 2 aromatic rings. The van der Waals surface area contributed by atoms with Crippen LogP contribution in [0.5, 0.6) is 5.75 Å². The number of hydrogen-bond donors (Lipinski definition) is 1. The van der Waals surface area contributed by atoms with Crippen LogP contribution in [-0.2, 0) is 0 Å². The number of benzene rings is 1. The van der Waals surface area contributed by atoms with E-state index in [9.17, 15) is 0 Å². The van der Waals surface area contributed by atoms with Crippen LogP contribution in [-0.4, -0.2) is 17.3 Å². The number of aromatic nitrogens is 2. The number of methoxy groups -OCH3 is 1. The molecule has 1 N–H and O–H groups in total. The van der Waals surface area contributed by atoms with Crippen molar-refractivity contribution in [3.8, 4) is 5.75 Å². The highest BCUT2D eigenvalue weighted by molar-refractivity contribution is 6.32. The molecule has 0 fully saturated rings. The van der Waals surface area contributed by atoms with Crippen LogP contribution in [0.2, 0.25) is 5.02 Å². The molecule has 6 heteroatoms. The lowest BCUT2D eigenvalue weighted by Gasteiger charge is -2.12. The first-order chi connectivity index (χ1) is 9.51. The fraction of sp³-hybridized carbons (Fsp3) is 0.429. The maximum absolute atomic E-state index is 6.09. The highest BCUT2D eigenvalue weighted by atomic mass is 35.5. The van der Waals surface area contributed by atoms with Crippen molar-refractivity contribution in [3.05, 3.63) is 34.9 Å². The van der Waals surface area contributed by atoms with Gasteiger partial charge in [0, 0.05) is 11.6 Å². The van der Waals surface area contributed by atoms with Gasteiger partial charge < -0.3 is 14.6 Å². The van der Waals surface area contributed by atoms with Crippen molar-refractivity contribution in [1.29, 1.82) is 0 Å². The Bertz CT molecular complexity index is 584.